The van der Waals surface area contributed by atoms with Gasteiger partial charge in [0.2, 0.25) is 5.60 Å². The lowest BCUT2D eigenvalue weighted by atomic mass is 9.90. The van der Waals surface area contributed by atoms with Crippen LogP contribution in [0.3, 0.4) is 0 Å². The van der Waals surface area contributed by atoms with E-state index in [2.05, 4.69) is 0 Å². The van der Waals surface area contributed by atoms with E-state index >= 15 is 0 Å². The van der Waals surface area contributed by atoms with Gasteiger partial charge in [0.25, 0.3) is 11.8 Å². The lowest BCUT2D eigenvalue weighted by Gasteiger charge is -2.29. The number of rotatable bonds is 3. The molecule has 21 heavy (non-hydrogen) atoms. The Labute approximate surface area is 119 Å². The number of barbiturate groups is 1. The zero-order valence-electron chi connectivity index (χ0n) is 11.2. The van der Waals surface area contributed by atoms with Crippen LogP contribution in [0.25, 0.3) is 0 Å². The fourth-order valence-corrected chi connectivity index (χ4v) is 1.93. The summed E-state index contributed by atoms with van der Waals surface area (Å²) in [6, 6.07) is 1.42. The third-order valence-corrected chi connectivity index (χ3v) is 3.07. The number of hydrogen-bond acceptors (Lipinski definition) is 7. The number of nitrogens with one attached hydrogen (secondary N) is 2. The molecule has 9 heteroatoms. The predicted octanol–water partition coefficient (Wildman–Crippen LogP) is -1.16. The summed E-state index contributed by atoms with van der Waals surface area (Å²) < 4.78 is 10.0. The summed E-state index contributed by atoms with van der Waals surface area (Å²) in [6.07, 6.45) is 0. The number of aliphatic hydroxyl groups is 1. The number of carbonyl (C=O) groups is 3. The molecule has 1 aromatic rings. The molecule has 0 saturated carbocycles. The number of anilines is 1. The summed E-state index contributed by atoms with van der Waals surface area (Å²) in [5.74, 6) is -2.14. The molecule has 0 aliphatic carbocycles. The molecule has 4 amide bonds. The Morgan fingerprint density at radius 2 is 1.48 bits per heavy atom. The van der Waals surface area contributed by atoms with Crippen molar-refractivity contribution >= 4 is 23.5 Å². The number of nitrogen functional groups attached to an aromatic ring is 1. The number of hydrogen-bond donors (Lipinski definition) is 4. The first-order chi connectivity index (χ1) is 9.84. The van der Waals surface area contributed by atoms with Gasteiger partial charge in [0.15, 0.2) is 0 Å². The van der Waals surface area contributed by atoms with E-state index in [9.17, 15) is 19.5 Å². The van der Waals surface area contributed by atoms with Crippen molar-refractivity contribution in [2.45, 2.75) is 5.60 Å². The van der Waals surface area contributed by atoms with Crippen molar-refractivity contribution in [3.8, 4) is 11.5 Å². The lowest BCUT2D eigenvalue weighted by molar-refractivity contribution is -0.155. The average Bonchev–Trinajstić information content (AvgIpc) is 2.44. The largest absolute Gasteiger partial charge is 0.494 e. The van der Waals surface area contributed by atoms with Crippen LogP contribution in [0.2, 0.25) is 0 Å². The van der Waals surface area contributed by atoms with Crippen LogP contribution in [0, 0.1) is 0 Å². The van der Waals surface area contributed by atoms with E-state index in [1.54, 1.807) is 0 Å². The fourth-order valence-electron chi connectivity index (χ4n) is 1.93. The molecule has 9 nitrogen and oxygen atoms in total. The number of ether oxygens (including phenoxy) is 2. The first-order valence-electron chi connectivity index (χ1n) is 5.75. The van der Waals surface area contributed by atoms with Gasteiger partial charge in [-0.2, -0.15) is 0 Å². The molecule has 1 aromatic carbocycles. The molecule has 5 N–H and O–H groups in total. The lowest BCUT2D eigenvalue weighted by Crippen LogP contribution is -2.64. The maximum Gasteiger partial charge on any atom is 0.328 e. The minimum atomic E-state index is -2.60. The summed E-state index contributed by atoms with van der Waals surface area (Å²) in [6.45, 7) is 0. The third kappa shape index (κ3) is 2.13. The van der Waals surface area contributed by atoms with Gasteiger partial charge in [-0.1, -0.05) is 0 Å². The van der Waals surface area contributed by atoms with Crippen LogP contribution in [0.1, 0.15) is 5.56 Å². The van der Waals surface area contributed by atoms with Crippen LogP contribution < -0.4 is 25.8 Å². The quantitative estimate of drug-likeness (QED) is 0.407. The van der Waals surface area contributed by atoms with E-state index in [0.717, 1.165) is 0 Å². The summed E-state index contributed by atoms with van der Waals surface area (Å²) >= 11 is 0. The molecule has 0 unspecified atom stereocenters. The second-order valence-corrected chi connectivity index (χ2v) is 4.24. The maximum atomic E-state index is 11.9. The van der Waals surface area contributed by atoms with E-state index in [4.69, 9.17) is 15.2 Å². The molecule has 0 aromatic heterocycles. The normalized spacial score (nSPS) is 17.0. The van der Waals surface area contributed by atoms with E-state index in [1.807, 2.05) is 10.6 Å². The number of methoxy groups -OCH3 is 2. The predicted molar refractivity (Wildman–Crippen MR) is 69.5 cm³/mol. The molecule has 1 aliphatic rings. The number of imide groups is 2. The standard InChI is InChI=1S/C12H13N3O6/c1-20-6-3-5(4-7(21-2)8(6)13)12(19)9(16)14-11(18)15-10(12)17/h3-4,19H,13H2,1-2H3,(H2,14,15,16,17,18). The zero-order chi connectivity index (χ0) is 15.8. The molecular formula is C12H13N3O6. The molecule has 1 aliphatic heterocycles. The van der Waals surface area contributed by atoms with Gasteiger partial charge in [0.05, 0.1) is 14.2 Å². The van der Waals surface area contributed by atoms with Crippen LogP contribution in [-0.2, 0) is 15.2 Å². The fraction of sp³-hybridized carbons (Fsp3) is 0.250. The molecule has 0 atom stereocenters. The Balaban J connectivity index is 2.61. The Kier molecular flexibility index (Phi) is 3.44. The minimum absolute atomic E-state index is 0.107. The van der Waals surface area contributed by atoms with Crippen LogP contribution in [0.4, 0.5) is 10.5 Å². The molecule has 1 fully saturated rings. The first kappa shape index (κ1) is 14.6. The van der Waals surface area contributed by atoms with Gasteiger partial charge < -0.3 is 20.3 Å². The van der Waals surface area contributed by atoms with Gasteiger partial charge >= 0.3 is 6.03 Å². The first-order valence-corrected chi connectivity index (χ1v) is 5.75. The topological polar surface area (TPSA) is 140 Å². The summed E-state index contributed by atoms with van der Waals surface area (Å²) in [7, 11) is 2.65. The molecule has 0 spiro atoms. The summed E-state index contributed by atoms with van der Waals surface area (Å²) in [5.41, 5.74) is 3.15. The zero-order valence-corrected chi connectivity index (χ0v) is 11.2. The average molecular weight is 295 g/mol. The Bertz CT molecular complexity index is 597. The van der Waals surface area contributed by atoms with E-state index < -0.39 is 23.4 Å². The van der Waals surface area contributed by atoms with Crippen molar-refractivity contribution in [1.82, 2.24) is 10.6 Å². The van der Waals surface area contributed by atoms with Crippen molar-refractivity contribution in [3.05, 3.63) is 17.7 Å². The molecule has 0 radical (unpaired) electrons. The number of urea groups is 1. The van der Waals surface area contributed by atoms with Gasteiger partial charge in [-0.3, -0.25) is 20.2 Å². The van der Waals surface area contributed by atoms with Crippen molar-refractivity contribution in [2.75, 3.05) is 20.0 Å². The highest BCUT2D eigenvalue weighted by Gasteiger charge is 2.51. The van der Waals surface area contributed by atoms with Crippen molar-refractivity contribution < 1.29 is 29.0 Å². The third-order valence-electron chi connectivity index (χ3n) is 3.07. The molecule has 1 heterocycles. The van der Waals surface area contributed by atoms with Crippen molar-refractivity contribution in [3.63, 3.8) is 0 Å². The van der Waals surface area contributed by atoms with Gasteiger partial charge in [-0.05, 0) is 12.1 Å². The second-order valence-electron chi connectivity index (χ2n) is 4.24. The highest BCUT2D eigenvalue weighted by Crippen LogP contribution is 2.37. The maximum absolute atomic E-state index is 11.9. The van der Waals surface area contributed by atoms with Crippen molar-refractivity contribution in [2.24, 2.45) is 0 Å². The van der Waals surface area contributed by atoms with Gasteiger partial charge in [0, 0.05) is 5.56 Å². The highest BCUT2D eigenvalue weighted by atomic mass is 16.5. The SMILES string of the molecule is COc1cc(C2(O)C(=O)NC(=O)NC2=O)cc(OC)c1N. The number of nitrogens with two attached hydrogens (primary N) is 1. The van der Waals surface area contributed by atoms with Crippen LogP contribution in [0.5, 0.6) is 11.5 Å². The Morgan fingerprint density at radius 3 is 1.86 bits per heavy atom. The molecular weight excluding hydrogens is 282 g/mol. The molecule has 2 rings (SSSR count). The Morgan fingerprint density at radius 1 is 1.05 bits per heavy atom. The molecule has 0 bridgehead atoms. The smallest absolute Gasteiger partial charge is 0.328 e. The van der Waals surface area contributed by atoms with Crippen LogP contribution >= 0.6 is 0 Å². The van der Waals surface area contributed by atoms with Crippen LogP contribution in [0.15, 0.2) is 12.1 Å². The highest BCUT2D eigenvalue weighted by molar-refractivity contribution is 6.21. The van der Waals surface area contributed by atoms with E-state index in [0.29, 0.717) is 0 Å². The monoisotopic (exact) mass is 295 g/mol. The molecule has 1 saturated heterocycles. The number of amides is 4. The van der Waals surface area contributed by atoms with Crippen LogP contribution in [-0.4, -0.2) is 37.2 Å². The summed E-state index contributed by atoms with van der Waals surface area (Å²) in [5, 5.41) is 14.0. The van der Waals surface area contributed by atoms with Gasteiger partial charge in [-0.25, -0.2) is 4.79 Å². The second kappa shape index (κ2) is 4.94. The number of benzene rings is 1. The summed E-state index contributed by atoms with van der Waals surface area (Å²) in [4.78, 5) is 34.8. The van der Waals surface area contributed by atoms with E-state index in [-0.39, 0.29) is 22.7 Å². The van der Waals surface area contributed by atoms with Gasteiger partial charge in [-0.15, -0.1) is 0 Å². The Hall–Kier alpha value is -2.81. The van der Waals surface area contributed by atoms with Crippen molar-refractivity contribution in [1.29, 1.82) is 0 Å². The molecule has 112 valence electrons. The number of carbonyl (C=O) groups excluding carboxylic acids is 3. The minimum Gasteiger partial charge on any atom is -0.494 e. The van der Waals surface area contributed by atoms with Gasteiger partial charge in [0.1, 0.15) is 17.2 Å². The van der Waals surface area contributed by atoms with E-state index in [1.165, 1.54) is 26.4 Å².